The molecule has 0 spiro atoms. The third-order valence-corrected chi connectivity index (χ3v) is 2.60. The van der Waals surface area contributed by atoms with Gasteiger partial charge in [0, 0.05) is 11.6 Å². The Morgan fingerprint density at radius 2 is 1.89 bits per heavy atom. The van der Waals surface area contributed by atoms with Crippen LogP contribution in [0.5, 0.6) is 0 Å². The van der Waals surface area contributed by atoms with Gasteiger partial charge in [0.25, 0.3) is 0 Å². The van der Waals surface area contributed by atoms with Crippen molar-refractivity contribution < 1.29 is 17.6 Å². The van der Waals surface area contributed by atoms with E-state index in [1.165, 1.54) is 0 Å². The minimum Gasteiger partial charge on any atom is -0.324 e. The molecule has 1 atom stereocenters. The van der Waals surface area contributed by atoms with Gasteiger partial charge in [-0.05, 0) is 18.6 Å². The van der Waals surface area contributed by atoms with Crippen molar-refractivity contribution in [3.05, 3.63) is 35.1 Å². The molecule has 104 valence electrons. The molecule has 0 unspecified atom stereocenters. The number of unbranched alkanes of at least 4 members (excludes halogenated alkanes) is 1. The van der Waals surface area contributed by atoms with Gasteiger partial charge in [-0.3, -0.25) is 0 Å². The molecule has 1 nitrogen and oxygen atoms in total. The molecule has 1 rings (SSSR count). The van der Waals surface area contributed by atoms with Gasteiger partial charge < -0.3 is 5.73 Å². The maximum Gasteiger partial charge on any atom is 0.416 e. The minimum absolute atomic E-state index is 0. The Morgan fingerprint density at radius 3 is 2.39 bits per heavy atom. The summed E-state index contributed by atoms with van der Waals surface area (Å²) < 4.78 is 51.5. The molecule has 18 heavy (non-hydrogen) atoms. The maximum atomic E-state index is 13.5. The van der Waals surface area contributed by atoms with Gasteiger partial charge in [0.15, 0.2) is 0 Å². The average Bonchev–Trinajstić information content (AvgIpc) is 2.24. The highest BCUT2D eigenvalue weighted by atomic mass is 35.5. The molecule has 0 heterocycles. The van der Waals surface area contributed by atoms with E-state index in [0.717, 1.165) is 24.6 Å². The number of nitrogens with two attached hydrogens (primary N) is 1. The molecule has 0 fully saturated rings. The molecule has 0 aliphatic heterocycles. The zero-order valence-electron chi connectivity index (χ0n) is 9.93. The molecule has 0 amide bonds. The van der Waals surface area contributed by atoms with Gasteiger partial charge in [-0.25, -0.2) is 4.39 Å². The molecule has 0 aliphatic rings. The number of hydrogen-bond acceptors (Lipinski definition) is 1. The van der Waals surface area contributed by atoms with Crippen LogP contribution < -0.4 is 5.73 Å². The largest absolute Gasteiger partial charge is 0.416 e. The van der Waals surface area contributed by atoms with Gasteiger partial charge in [-0.2, -0.15) is 13.2 Å². The molecular weight excluding hydrogens is 270 g/mol. The van der Waals surface area contributed by atoms with E-state index in [-0.39, 0.29) is 12.4 Å². The molecule has 0 bridgehead atoms. The number of halogens is 5. The van der Waals surface area contributed by atoms with E-state index in [0.29, 0.717) is 12.8 Å². The van der Waals surface area contributed by atoms with E-state index in [2.05, 4.69) is 0 Å². The standard InChI is InChI=1S/C12H15F4N.ClH/c1-2-3-7-10(17)11-8(12(14,15)16)5-4-6-9(11)13;/h4-6,10H,2-3,7,17H2,1H3;1H/t10-;/m1./s1. The Hall–Kier alpha value is -0.810. The lowest BCUT2D eigenvalue weighted by Gasteiger charge is -2.18. The third kappa shape index (κ3) is 4.14. The predicted octanol–water partition coefficient (Wildman–Crippen LogP) is 4.46. The van der Waals surface area contributed by atoms with Crippen LogP contribution in [0.25, 0.3) is 0 Å². The molecule has 0 radical (unpaired) electrons. The van der Waals surface area contributed by atoms with E-state index in [1.807, 2.05) is 6.92 Å². The first-order chi connectivity index (χ1) is 7.88. The third-order valence-electron chi connectivity index (χ3n) is 2.60. The van der Waals surface area contributed by atoms with Crippen molar-refractivity contribution in [2.45, 2.75) is 38.4 Å². The highest BCUT2D eigenvalue weighted by molar-refractivity contribution is 5.85. The number of rotatable bonds is 4. The SMILES string of the molecule is CCCC[C@@H](N)c1c(F)cccc1C(F)(F)F.Cl. The molecule has 0 aromatic heterocycles. The molecule has 1 aromatic rings. The van der Waals surface area contributed by atoms with E-state index in [4.69, 9.17) is 5.73 Å². The maximum absolute atomic E-state index is 13.5. The van der Waals surface area contributed by atoms with Crippen molar-refractivity contribution >= 4 is 12.4 Å². The Morgan fingerprint density at radius 1 is 1.28 bits per heavy atom. The first-order valence-electron chi connectivity index (χ1n) is 5.49. The second kappa shape index (κ2) is 6.95. The molecule has 2 N–H and O–H groups in total. The highest BCUT2D eigenvalue weighted by Gasteiger charge is 2.35. The lowest BCUT2D eigenvalue weighted by atomic mass is 9.96. The summed E-state index contributed by atoms with van der Waals surface area (Å²) >= 11 is 0. The summed E-state index contributed by atoms with van der Waals surface area (Å²) in [6, 6.07) is 2.02. The summed E-state index contributed by atoms with van der Waals surface area (Å²) in [5.74, 6) is -0.886. The summed E-state index contributed by atoms with van der Waals surface area (Å²) in [4.78, 5) is 0. The Bertz CT molecular complexity index is 379. The minimum atomic E-state index is -4.57. The molecule has 1 aromatic carbocycles. The lowest BCUT2D eigenvalue weighted by molar-refractivity contribution is -0.138. The Balaban J connectivity index is 0.00000289. The molecule has 0 saturated carbocycles. The summed E-state index contributed by atoms with van der Waals surface area (Å²) in [5, 5.41) is 0. The summed E-state index contributed by atoms with van der Waals surface area (Å²) in [5.41, 5.74) is 4.25. The van der Waals surface area contributed by atoms with Crippen molar-refractivity contribution in [2.75, 3.05) is 0 Å². The normalized spacial score (nSPS) is 13.0. The van der Waals surface area contributed by atoms with Gasteiger partial charge in [0.2, 0.25) is 0 Å². The summed E-state index contributed by atoms with van der Waals surface area (Å²) in [6.07, 6.45) is -2.74. The summed E-state index contributed by atoms with van der Waals surface area (Å²) in [6.45, 7) is 1.90. The first kappa shape index (κ1) is 17.2. The average molecular weight is 286 g/mol. The van der Waals surface area contributed by atoms with Crippen molar-refractivity contribution in [3.63, 3.8) is 0 Å². The fourth-order valence-corrected chi connectivity index (χ4v) is 1.73. The van der Waals surface area contributed by atoms with Crippen molar-refractivity contribution in [1.82, 2.24) is 0 Å². The molecule has 6 heteroatoms. The fourth-order valence-electron chi connectivity index (χ4n) is 1.73. The van der Waals surface area contributed by atoms with Crippen LogP contribution in [0.1, 0.15) is 43.4 Å². The van der Waals surface area contributed by atoms with Crippen molar-refractivity contribution in [3.8, 4) is 0 Å². The predicted molar refractivity (Wildman–Crippen MR) is 65.1 cm³/mol. The van der Waals surface area contributed by atoms with Crippen LogP contribution in [0.3, 0.4) is 0 Å². The van der Waals surface area contributed by atoms with Gasteiger partial charge in [0.1, 0.15) is 5.82 Å². The second-order valence-electron chi connectivity index (χ2n) is 3.95. The van der Waals surface area contributed by atoms with E-state index >= 15 is 0 Å². The van der Waals surface area contributed by atoms with Crippen LogP contribution in [0.15, 0.2) is 18.2 Å². The van der Waals surface area contributed by atoms with E-state index in [9.17, 15) is 17.6 Å². The molecule has 0 saturated heterocycles. The number of alkyl halides is 3. The van der Waals surface area contributed by atoms with Gasteiger partial charge in [0.05, 0.1) is 5.56 Å². The van der Waals surface area contributed by atoms with Crippen LogP contribution in [-0.4, -0.2) is 0 Å². The quantitative estimate of drug-likeness (QED) is 0.812. The van der Waals surface area contributed by atoms with Crippen molar-refractivity contribution in [2.24, 2.45) is 5.73 Å². The van der Waals surface area contributed by atoms with Crippen molar-refractivity contribution in [1.29, 1.82) is 0 Å². The first-order valence-corrected chi connectivity index (χ1v) is 5.49. The summed E-state index contributed by atoms with van der Waals surface area (Å²) in [7, 11) is 0. The van der Waals surface area contributed by atoms with Crippen LogP contribution in [0.2, 0.25) is 0 Å². The van der Waals surface area contributed by atoms with Crippen LogP contribution in [-0.2, 0) is 6.18 Å². The van der Waals surface area contributed by atoms with Gasteiger partial charge >= 0.3 is 6.18 Å². The highest BCUT2D eigenvalue weighted by Crippen LogP contribution is 2.36. The number of hydrogen-bond donors (Lipinski definition) is 1. The fraction of sp³-hybridized carbons (Fsp3) is 0.500. The molecule has 0 aliphatic carbocycles. The Kier molecular flexibility index (Phi) is 6.63. The molecular formula is C12H16ClF4N. The van der Waals surface area contributed by atoms with Crippen LogP contribution in [0, 0.1) is 5.82 Å². The van der Waals surface area contributed by atoms with E-state index in [1.54, 1.807) is 0 Å². The zero-order chi connectivity index (χ0) is 13.1. The van der Waals surface area contributed by atoms with Crippen LogP contribution in [0.4, 0.5) is 17.6 Å². The lowest BCUT2D eigenvalue weighted by Crippen LogP contribution is -2.19. The van der Waals surface area contributed by atoms with Gasteiger partial charge in [-0.1, -0.05) is 25.8 Å². The van der Waals surface area contributed by atoms with E-state index < -0.39 is 29.2 Å². The Labute approximate surface area is 110 Å². The second-order valence-corrected chi connectivity index (χ2v) is 3.95. The van der Waals surface area contributed by atoms with Gasteiger partial charge in [-0.15, -0.1) is 12.4 Å². The topological polar surface area (TPSA) is 26.0 Å². The van der Waals surface area contributed by atoms with Crippen LogP contribution >= 0.6 is 12.4 Å². The smallest absolute Gasteiger partial charge is 0.324 e. The zero-order valence-corrected chi connectivity index (χ0v) is 10.7. The monoisotopic (exact) mass is 285 g/mol. The number of benzene rings is 1.